The molecule has 2 rings (SSSR count). The smallest absolute Gasteiger partial charge is 0.162 e. The van der Waals surface area contributed by atoms with Gasteiger partial charge in [-0.3, -0.25) is 0 Å². The summed E-state index contributed by atoms with van der Waals surface area (Å²) < 4.78 is 11.3. The molecule has 0 unspecified atom stereocenters. The zero-order valence-electron chi connectivity index (χ0n) is 15.5. The molecule has 0 bridgehead atoms. The lowest BCUT2D eigenvalue weighted by atomic mass is 9.84. The minimum Gasteiger partial charge on any atom is -0.349 e. The van der Waals surface area contributed by atoms with Crippen LogP contribution < -0.4 is 0 Å². The first-order chi connectivity index (χ1) is 12.0. The molecule has 0 amide bonds. The third-order valence-electron chi connectivity index (χ3n) is 4.64. The summed E-state index contributed by atoms with van der Waals surface area (Å²) in [5.41, 5.74) is 1.34. The van der Waals surface area contributed by atoms with Gasteiger partial charge in [-0.25, -0.2) is 0 Å². The molecule has 1 fully saturated rings. The summed E-state index contributed by atoms with van der Waals surface area (Å²) in [6.45, 7) is 13.2. The largest absolute Gasteiger partial charge is 0.349 e. The highest BCUT2D eigenvalue weighted by Gasteiger charge is 2.27. The van der Waals surface area contributed by atoms with E-state index in [0.717, 1.165) is 19.3 Å². The molecular formula is C23H30O2. The Morgan fingerprint density at radius 1 is 1.12 bits per heavy atom. The molecule has 1 aromatic rings. The molecule has 0 spiro atoms. The Hall–Kier alpha value is -1.82. The molecule has 1 aliphatic rings. The van der Waals surface area contributed by atoms with Crippen molar-refractivity contribution in [2.75, 3.05) is 13.2 Å². The summed E-state index contributed by atoms with van der Waals surface area (Å²) >= 11 is 0. The fourth-order valence-electron chi connectivity index (χ4n) is 3.03. The Morgan fingerprint density at radius 2 is 1.76 bits per heavy atom. The predicted molar refractivity (Wildman–Crippen MR) is 104 cm³/mol. The molecule has 0 N–H and O–H groups in total. The van der Waals surface area contributed by atoms with E-state index >= 15 is 0 Å². The van der Waals surface area contributed by atoms with Crippen molar-refractivity contribution in [3.63, 3.8) is 0 Å². The van der Waals surface area contributed by atoms with Crippen molar-refractivity contribution in [1.29, 1.82) is 0 Å². The highest BCUT2D eigenvalue weighted by Crippen LogP contribution is 2.24. The quantitative estimate of drug-likeness (QED) is 0.513. The number of hydrogen-bond acceptors (Lipinski definition) is 2. The van der Waals surface area contributed by atoms with Gasteiger partial charge >= 0.3 is 0 Å². The van der Waals surface area contributed by atoms with Crippen molar-refractivity contribution in [1.82, 2.24) is 0 Å². The van der Waals surface area contributed by atoms with Crippen LogP contribution in [0, 0.1) is 29.6 Å². The van der Waals surface area contributed by atoms with Crippen molar-refractivity contribution >= 4 is 0 Å². The summed E-state index contributed by atoms with van der Waals surface area (Å²) in [6, 6.07) is 10.5. The van der Waals surface area contributed by atoms with E-state index < -0.39 is 5.79 Å². The van der Waals surface area contributed by atoms with Crippen LogP contribution in [-0.4, -0.2) is 19.0 Å². The molecule has 1 aliphatic heterocycles. The Labute approximate surface area is 152 Å². The van der Waals surface area contributed by atoms with E-state index in [1.54, 1.807) is 0 Å². The van der Waals surface area contributed by atoms with E-state index in [4.69, 9.17) is 9.47 Å². The molecule has 2 atom stereocenters. The lowest BCUT2D eigenvalue weighted by molar-refractivity contribution is -0.254. The Balaban J connectivity index is 1.82. The average Bonchev–Trinajstić information content (AvgIpc) is 2.62. The van der Waals surface area contributed by atoms with Gasteiger partial charge in [0.2, 0.25) is 0 Å². The van der Waals surface area contributed by atoms with Crippen LogP contribution in [0.3, 0.4) is 0 Å². The first kappa shape index (κ1) is 19.5. The molecule has 2 nitrogen and oxygen atoms in total. The normalized spacial score (nSPS) is 19.3. The third-order valence-corrected chi connectivity index (χ3v) is 4.64. The van der Waals surface area contributed by atoms with E-state index in [0.29, 0.717) is 25.0 Å². The van der Waals surface area contributed by atoms with Gasteiger partial charge in [0.1, 0.15) is 0 Å². The summed E-state index contributed by atoms with van der Waals surface area (Å²) in [4.78, 5) is 0. The second-order valence-corrected chi connectivity index (χ2v) is 7.07. The van der Waals surface area contributed by atoms with Crippen LogP contribution >= 0.6 is 0 Å². The van der Waals surface area contributed by atoms with Crippen LogP contribution in [0.4, 0.5) is 0 Å². The van der Waals surface area contributed by atoms with Crippen LogP contribution in [0.2, 0.25) is 0 Å². The first-order valence-corrected chi connectivity index (χ1v) is 9.09. The molecule has 0 aromatic heterocycles. The fraction of sp³-hybridized carbons (Fsp3) is 0.478. The molecule has 1 heterocycles. The van der Waals surface area contributed by atoms with Crippen molar-refractivity contribution < 1.29 is 9.47 Å². The first-order valence-electron chi connectivity index (χ1n) is 9.09. The Morgan fingerprint density at radius 3 is 2.36 bits per heavy atom. The monoisotopic (exact) mass is 338 g/mol. The van der Waals surface area contributed by atoms with Crippen molar-refractivity contribution in [2.45, 2.75) is 38.9 Å². The summed E-state index contributed by atoms with van der Waals surface area (Å²) in [6.07, 6.45) is 6.95. The molecule has 0 saturated carbocycles. The third kappa shape index (κ3) is 6.53. The van der Waals surface area contributed by atoms with Gasteiger partial charge in [-0.2, -0.15) is 0 Å². The maximum atomic E-state index is 5.65. The standard InChI is InChI=1S/C23H30O2/c1-5-21(22(6-2)16-19-12-8-7-9-13-19)15-11-10-14-20-17-24-23(3,4)25-18-20/h5-9,12-13,20-22H,1-2,11,15-18H2,3-4H3/t21-,22+/m1/s1. The van der Waals surface area contributed by atoms with Gasteiger partial charge in [-0.1, -0.05) is 48.4 Å². The van der Waals surface area contributed by atoms with Crippen LogP contribution in [0.25, 0.3) is 0 Å². The number of benzene rings is 1. The van der Waals surface area contributed by atoms with Gasteiger partial charge < -0.3 is 9.47 Å². The van der Waals surface area contributed by atoms with Crippen molar-refractivity contribution in [3.8, 4) is 11.8 Å². The van der Waals surface area contributed by atoms with Crippen molar-refractivity contribution in [2.24, 2.45) is 17.8 Å². The Kier molecular flexibility index (Phi) is 7.50. The average molecular weight is 338 g/mol. The highest BCUT2D eigenvalue weighted by atomic mass is 16.7. The molecule has 2 heteroatoms. The van der Waals surface area contributed by atoms with E-state index in [-0.39, 0.29) is 5.92 Å². The summed E-state index contributed by atoms with van der Waals surface area (Å²) in [5.74, 6) is 7.07. The predicted octanol–water partition coefficient (Wildman–Crippen LogP) is 5.02. The minimum absolute atomic E-state index is 0.176. The summed E-state index contributed by atoms with van der Waals surface area (Å²) in [7, 11) is 0. The lowest BCUT2D eigenvalue weighted by Crippen LogP contribution is -2.38. The van der Waals surface area contributed by atoms with Crippen LogP contribution in [0.1, 0.15) is 32.3 Å². The van der Waals surface area contributed by atoms with Gasteiger partial charge in [0.25, 0.3) is 0 Å². The second kappa shape index (κ2) is 9.61. The van der Waals surface area contributed by atoms with Gasteiger partial charge in [0.05, 0.1) is 19.1 Å². The summed E-state index contributed by atoms with van der Waals surface area (Å²) in [5, 5.41) is 0. The number of ether oxygens (including phenoxy) is 2. The molecular weight excluding hydrogens is 308 g/mol. The maximum absolute atomic E-state index is 5.65. The molecule has 25 heavy (non-hydrogen) atoms. The molecule has 1 aromatic carbocycles. The van der Waals surface area contributed by atoms with Crippen LogP contribution in [-0.2, 0) is 15.9 Å². The van der Waals surface area contributed by atoms with Crippen LogP contribution in [0.5, 0.6) is 0 Å². The van der Waals surface area contributed by atoms with E-state index in [2.05, 4.69) is 55.3 Å². The molecule has 0 aliphatic carbocycles. The SMILES string of the molecule is C=C[C@H](CCC#CC1COC(C)(C)OC1)[C@@H](C=C)Cc1ccccc1. The van der Waals surface area contributed by atoms with Crippen LogP contribution in [0.15, 0.2) is 55.6 Å². The second-order valence-electron chi connectivity index (χ2n) is 7.07. The minimum atomic E-state index is -0.471. The molecule has 134 valence electrons. The molecule has 0 radical (unpaired) electrons. The zero-order chi connectivity index (χ0) is 18.1. The van der Waals surface area contributed by atoms with Gasteiger partial charge in [0, 0.05) is 6.42 Å². The number of rotatable bonds is 7. The Bertz CT molecular complexity index is 596. The van der Waals surface area contributed by atoms with Gasteiger partial charge in [-0.05, 0) is 44.1 Å². The zero-order valence-corrected chi connectivity index (χ0v) is 15.5. The maximum Gasteiger partial charge on any atom is 0.162 e. The van der Waals surface area contributed by atoms with E-state index in [1.165, 1.54) is 5.56 Å². The fourth-order valence-corrected chi connectivity index (χ4v) is 3.03. The topological polar surface area (TPSA) is 18.5 Å². The molecule has 1 saturated heterocycles. The van der Waals surface area contributed by atoms with Crippen molar-refractivity contribution in [3.05, 3.63) is 61.2 Å². The van der Waals surface area contributed by atoms with E-state index in [9.17, 15) is 0 Å². The van der Waals surface area contributed by atoms with Gasteiger partial charge in [-0.15, -0.1) is 19.1 Å². The number of allylic oxidation sites excluding steroid dienone is 2. The highest BCUT2D eigenvalue weighted by molar-refractivity contribution is 5.17. The van der Waals surface area contributed by atoms with E-state index in [1.807, 2.05) is 26.0 Å². The lowest BCUT2D eigenvalue weighted by Gasteiger charge is -2.33. The van der Waals surface area contributed by atoms with Gasteiger partial charge in [0.15, 0.2) is 5.79 Å². The number of hydrogen-bond donors (Lipinski definition) is 0.